The molecule has 0 unspecified atom stereocenters. The minimum Gasteiger partial charge on any atom is -0.497 e. The van der Waals surface area contributed by atoms with Crippen molar-refractivity contribution in [3.05, 3.63) is 59.7 Å². The summed E-state index contributed by atoms with van der Waals surface area (Å²) in [7, 11) is 3.01. The molecule has 0 amide bonds. The molecule has 1 N–H and O–H groups in total. The zero-order valence-corrected chi connectivity index (χ0v) is 24.7. The molecule has 2 atom stereocenters. The van der Waals surface area contributed by atoms with E-state index >= 15 is 0 Å². The highest BCUT2D eigenvalue weighted by atomic mass is 16.6. The summed E-state index contributed by atoms with van der Waals surface area (Å²) in [6.07, 6.45) is -1.09. The molecule has 1 aliphatic rings. The van der Waals surface area contributed by atoms with Gasteiger partial charge in [0.1, 0.15) is 11.5 Å². The van der Waals surface area contributed by atoms with Crippen molar-refractivity contribution in [2.45, 2.75) is 51.5 Å². The minimum atomic E-state index is -2.22. The number of benzene rings is 2. The number of esters is 4. The quantitative estimate of drug-likeness (QED) is 0.210. The first-order valence-corrected chi connectivity index (χ1v) is 13.7. The van der Waals surface area contributed by atoms with Gasteiger partial charge in [0.05, 0.1) is 52.9 Å². The fraction of sp³-hybridized carbons (Fsp3) is 0.467. The SMILES string of the molecule is CCOC(=O)C(C(=O)OCC)N1[C@@H](c2ccc(OC)cc2)NC(C(=O)OCC)(C(=O)OCC)[C@@H]1c1ccc(OC)cc1. The Balaban J connectivity index is 2.42. The molecule has 42 heavy (non-hydrogen) atoms. The van der Waals surface area contributed by atoms with E-state index in [9.17, 15) is 19.2 Å². The molecule has 1 heterocycles. The van der Waals surface area contributed by atoms with Gasteiger partial charge in [0, 0.05) is 0 Å². The Morgan fingerprint density at radius 2 is 1.10 bits per heavy atom. The van der Waals surface area contributed by atoms with Crippen LogP contribution in [0.5, 0.6) is 11.5 Å². The first kappa shape index (κ1) is 32.4. The summed E-state index contributed by atoms with van der Waals surface area (Å²) in [5.41, 5.74) is -1.33. The summed E-state index contributed by atoms with van der Waals surface area (Å²) in [5.74, 6) is -2.68. The van der Waals surface area contributed by atoms with E-state index in [1.54, 1.807) is 76.2 Å². The average Bonchev–Trinajstić information content (AvgIpc) is 3.34. The van der Waals surface area contributed by atoms with Crippen molar-refractivity contribution >= 4 is 23.9 Å². The third-order valence-corrected chi connectivity index (χ3v) is 6.75. The summed E-state index contributed by atoms with van der Waals surface area (Å²) < 4.78 is 32.2. The molecule has 2 aromatic carbocycles. The van der Waals surface area contributed by atoms with E-state index in [0.717, 1.165) is 0 Å². The highest BCUT2D eigenvalue weighted by Gasteiger charge is 2.67. The number of nitrogens with zero attached hydrogens (tertiary/aromatic N) is 1. The Morgan fingerprint density at radius 3 is 1.48 bits per heavy atom. The molecule has 0 saturated carbocycles. The normalized spacial score (nSPS) is 17.8. The van der Waals surface area contributed by atoms with Crippen LogP contribution in [0, 0.1) is 0 Å². The van der Waals surface area contributed by atoms with E-state index in [0.29, 0.717) is 22.6 Å². The zero-order valence-electron chi connectivity index (χ0n) is 24.7. The maximum absolute atomic E-state index is 13.9. The monoisotopic (exact) mass is 586 g/mol. The van der Waals surface area contributed by atoms with E-state index in [4.69, 9.17) is 28.4 Å². The van der Waals surface area contributed by atoms with Crippen molar-refractivity contribution in [2.24, 2.45) is 0 Å². The standard InChI is InChI=1S/C30H38N2O10/c1-7-39-26(33)23(27(34)40-8-2)32-24(19-11-15-21(37-5)16-12-19)30(28(35)41-9-3,29(36)42-10-4)31-25(32)20-13-17-22(38-6)18-14-20/h11-18,23-25,31H,7-10H2,1-6H3/t24-,25-/m0/s1. The van der Waals surface area contributed by atoms with Crippen molar-refractivity contribution in [3.8, 4) is 11.5 Å². The molecule has 12 heteroatoms. The van der Waals surface area contributed by atoms with Gasteiger partial charge in [-0.25, -0.2) is 19.2 Å². The van der Waals surface area contributed by atoms with Crippen molar-refractivity contribution in [1.82, 2.24) is 10.2 Å². The molecule has 228 valence electrons. The Bertz CT molecular complexity index is 1200. The molecular formula is C30H38N2O10. The lowest BCUT2D eigenvalue weighted by Crippen LogP contribution is -2.60. The predicted octanol–water partition coefficient (Wildman–Crippen LogP) is 2.71. The fourth-order valence-corrected chi connectivity index (χ4v) is 4.99. The van der Waals surface area contributed by atoms with Crippen LogP contribution < -0.4 is 14.8 Å². The maximum atomic E-state index is 13.9. The molecule has 0 radical (unpaired) electrons. The summed E-state index contributed by atoms with van der Waals surface area (Å²) in [6, 6.07) is 10.3. The van der Waals surface area contributed by atoms with Crippen LogP contribution in [0.3, 0.4) is 0 Å². The van der Waals surface area contributed by atoms with E-state index in [-0.39, 0.29) is 26.4 Å². The van der Waals surface area contributed by atoms with E-state index in [1.807, 2.05) is 0 Å². The van der Waals surface area contributed by atoms with Gasteiger partial charge in [-0.1, -0.05) is 24.3 Å². The van der Waals surface area contributed by atoms with E-state index in [2.05, 4.69) is 5.32 Å². The third kappa shape index (κ3) is 6.34. The van der Waals surface area contributed by atoms with Crippen LogP contribution in [0.25, 0.3) is 0 Å². The molecular weight excluding hydrogens is 548 g/mol. The zero-order chi connectivity index (χ0) is 30.9. The number of carbonyl (C=O) groups is 4. The van der Waals surface area contributed by atoms with Gasteiger partial charge in [0.2, 0.25) is 11.6 Å². The molecule has 2 aromatic rings. The van der Waals surface area contributed by atoms with E-state index < -0.39 is 47.7 Å². The van der Waals surface area contributed by atoms with Crippen LogP contribution in [0.2, 0.25) is 0 Å². The predicted molar refractivity (Wildman–Crippen MR) is 149 cm³/mol. The first-order chi connectivity index (χ1) is 20.2. The highest BCUT2D eigenvalue weighted by Crippen LogP contribution is 2.48. The Morgan fingerprint density at radius 1 is 0.690 bits per heavy atom. The number of ether oxygens (including phenoxy) is 6. The van der Waals surface area contributed by atoms with Crippen molar-refractivity contribution in [2.75, 3.05) is 40.6 Å². The van der Waals surface area contributed by atoms with Crippen molar-refractivity contribution in [3.63, 3.8) is 0 Å². The Kier molecular flexibility index (Phi) is 11.3. The second-order valence-electron chi connectivity index (χ2n) is 9.10. The van der Waals surface area contributed by atoms with Crippen LogP contribution in [0.15, 0.2) is 48.5 Å². The number of methoxy groups -OCH3 is 2. The fourth-order valence-electron chi connectivity index (χ4n) is 4.99. The van der Waals surface area contributed by atoms with Gasteiger partial charge in [-0.05, 0) is 63.1 Å². The molecule has 0 spiro atoms. The second kappa shape index (κ2) is 14.6. The van der Waals surface area contributed by atoms with Crippen LogP contribution >= 0.6 is 0 Å². The van der Waals surface area contributed by atoms with Gasteiger partial charge >= 0.3 is 23.9 Å². The topological polar surface area (TPSA) is 139 Å². The van der Waals surface area contributed by atoms with Crippen molar-refractivity contribution in [1.29, 1.82) is 0 Å². The molecule has 0 aliphatic carbocycles. The molecule has 1 saturated heterocycles. The molecule has 0 aromatic heterocycles. The van der Waals surface area contributed by atoms with Crippen LogP contribution in [0.4, 0.5) is 0 Å². The third-order valence-electron chi connectivity index (χ3n) is 6.75. The molecule has 0 bridgehead atoms. The number of hydrogen-bond donors (Lipinski definition) is 1. The van der Waals surface area contributed by atoms with Gasteiger partial charge < -0.3 is 28.4 Å². The molecule has 12 nitrogen and oxygen atoms in total. The highest BCUT2D eigenvalue weighted by molar-refractivity contribution is 6.07. The summed E-state index contributed by atoms with van der Waals surface area (Å²) in [5, 5.41) is 3.12. The largest absolute Gasteiger partial charge is 0.497 e. The number of hydrogen-bond acceptors (Lipinski definition) is 12. The average molecular weight is 587 g/mol. The van der Waals surface area contributed by atoms with Gasteiger partial charge in [-0.2, -0.15) is 0 Å². The Hall–Kier alpha value is -4.16. The lowest BCUT2D eigenvalue weighted by molar-refractivity contribution is -0.172. The Labute approximate surface area is 245 Å². The summed E-state index contributed by atoms with van der Waals surface area (Å²) >= 11 is 0. The van der Waals surface area contributed by atoms with Crippen molar-refractivity contribution < 1.29 is 47.6 Å². The van der Waals surface area contributed by atoms with Crippen LogP contribution in [-0.2, 0) is 38.1 Å². The molecule has 1 aliphatic heterocycles. The summed E-state index contributed by atoms with van der Waals surface area (Å²) in [4.78, 5) is 56.4. The molecule has 1 fully saturated rings. The van der Waals surface area contributed by atoms with Gasteiger partial charge in [0.15, 0.2) is 0 Å². The maximum Gasteiger partial charge on any atom is 0.340 e. The van der Waals surface area contributed by atoms with Crippen LogP contribution in [0.1, 0.15) is 51.0 Å². The lowest BCUT2D eigenvalue weighted by Gasteiger charge is -2.36. The first-order valence-electron chi connectivity index (χ1n) is 13.7. The summed E-state index contributed by atoms with van der Waals surface area (Å²) in [6.45, 7) is 6.25. The number of nitrogens with one attached hydrogen (secondary N) is 1. The van der Waals surface area contributed by atoms with Gasteiger partial charge in [-0.3, -0.25) is 10.2 Å². The van der Waals surface area contributed by atoms with E-state index in [1.165, 1.54) is 19.1 Å². The number of rotatable bonds is 13. The second-order valence-corrected chi connectivity index (χ2v) is 9.10. The van der Waals surface area contributed by atoms with Crippen LogP contribution in [-0.4, -0.2) is 81.0 Å². The minimum absolute atomic E-state index is 0.0304. The smallest absolute Gasteiger partial charge is 0.340 e. The van der Waals surface area contributed by atoms with Gasteiger partial charge in [0.25, 0.3) is 0 Å². The van der Waals surface area contributed by atoms with Gasteiger partial charge in [-0.15, -0.1) is 0 Å². The lowest BCUT2D eigenvalue weighted by atomic mass is 9.85. The number of carbonyl (C=O) groups excluding carboxylic acids is 4. The molecule has 3 rings (SSSR count).